The van der Waals surface area contributed by atoms with Crippen molar-refractivity contribution >= 4 is 33.2 Å². The SMILES string of the molecule is CC(Nc1c(Cl)cc(F)cc1Br)c1ccco1. The average molecular weight is 319 g/mol. The summed E-state index contributed by atoms with van der Waals surface area (Å²) in [4.78, 5) is 0. The molecule has 1 aromatic heterocycles. The van der Waals surface area contributed by atoms with Crippen LogP contribution in [-0.2, 0) is 0 Å². The normalized spacial score (nSPS) is 12.5. The molecule has 0 aliphatic rings. The van der Waals surface area contributed by atoms with Crippen molar-refractivity contribution in [3.63, 3.8) is 0 Å². The van der Waals surface area contributed by atoms with E-state index in [2.05, 4.69) is 21.2 Å². The van der Waals surface area contributed by atoms with Crippen molar-refractivity contribution in [2.75, 3.05) is 5.32 Å². The van der Waals surface area contributed by atoms with Gasteiger partial charge in [0.1, 0.15) is 11.6 Å². The third-order valence-corrected chi connectivity index (χ3v) is 3.26. The average Bonchev–Trinajstić information content (AvgIpc) is 2.76. The molecule has 0 fully saturated rings. The van der Waals surface area contributed by atoms with Crippen LogP contribution in [0.2, 0.25) is 5.02 Å². The third kappa shape index (κ3) is 2.82. The van der Waals surface area contributed by atoms with Crippen LogP contribution >= 0.6 is 27.5 Å². The predicted molar refractivity (Wildman–Crippen MR) is 69.9 cm³/mol. The van der Waals surface area contributed by atoms with Crippen molar-refractivity contribution in [1.82, 2.24) is 0 Å². The highest BCUT2D eigenvalue weighted by molar-refractivity contribution is 9.10. The molecule has 0 bridgehead atoms. The molecule has 2 rings (SSSR count). The number of anilines is 1. The summed E-state index contributed by atoms with van der Waals surface area (Å²) in [6.45, 7) is 1.94. The zero-order valence-corrected chi connectivity index (χ0v) is 11.3. The Labute approximate surface area is 112 Å². The summed E-state index contributed by atoms with van der Waals surface area (Å²) < 4.78 is 18.9. The second-order valence-electron chi connectivity index (χ2n) is 3.63. The van der Waals surface area contributed by atoms with Crippen LogP contribution in [0.5, 0.6) is 0 Å². The van der Waals surface area contributed by atoms with Crippen LogP contribution in [0.3, 0.4) is 0 Å². The highest BCUT2D eigenvalue weighted by Gasteiger charge is 2.13. The molecule has 1 heterocycles. The van der Waals surface area contributed by atoms with Crippen LogP contribution in [0, 0.1) is 5.82 Å². The lowest BCUT2D eigenvalue weighted by atomic mass is 10.2. The standard InChI is InChI=1S/C12H10BrClFNO/c1-7(11-3-2-4-17-11)16-12-9(13)5-8(15)6-10(12)14/h2-7,16H,1H3. The van der Waals surface area contributed by atoms with E-state index in [9.17, 15) is 4.39 Å². The molecule has 5 heteroatoms. The molecule has 0 spiro atoms. The van der Waals surface area contributed by atoms with E-state index in [1.54, 1.807) is 6.26 Å². The van der Waals surface area contributed by atoms with Crippen molar-refractivity contribution in [3.05, 3.63) is 51.6 Å². The van der Waals surface area contributed by atoms with Gasteiger partial charge in [0.2, 0.25) is 0 Å². The van der Waals surface area contributed by atoms with Gasteiger partial charge in [0, 0.05) is 4.47 Å². The van der Waals surface area contributed by atoms with Gasteiger partial charge in [-0.3, -0.25) is 0 Å². The number of halogens is 3. The maximum absolute atomic E-state index is 13.1. The van der Waals surface area contributed by atoms with Gasteiger partial charge < -0.3 is 9.73 Å². The van der Waals surface area contributed by atoms with Gasteiger partial charge in [-0.2, -0.15) is 0 Å². The first-order valence-electron chi connectivity index (χ1n) is 5.02. The van der Waals surface area contributed by atoms with Crippen molar-refractivity contribution in [2.24, 2.45) is 0 Å². The maximum Gasteiger partial charge on any atom is 0.125 e. The van der Waals surface area contributed by atoms with Crippen LogP contribution < -0.4 is 5.32 Å². The molecule has 2 nitrogen and oxygen atoms in total. The van der Waals surface area contributed by atoms with Gasteiger partial charge in [-0.05, 0) is 47.1 Å². The van der Waals surface area contributed by atoms with Crippen LogP contribution in [0.15, 0.2) is 39.4 Å². The van der Waals surface area contributed by atoms with E-state index >= 15 is 0 Å². The van der Waals surface area contributed by atoms with Crippen molar-refractivity contribution in [2.45, 2.75) is 13.0 Å². The summed E-state index contributed by atoms with van der Waals surface area (Å²) in [5.74, 6) is 0.412. The minimum atomic E-state index is -0.377. The molecule has 0 aliphatic carbocycles. The van der Waals surface area contributed by atoms with E-state index in [1.807, 2.05) is 19.1 Å². The van der Waals surface area contributed by atoms with Crippen LogP contribution in [0.4, 0.5) is 10.1 Å². The van der Waals surface area contributed by atoms with Gasteiger partial charge in [-0.15, -0.1) is 0 Å². The molecule has 1 unspecified atom stereocenters. The van der Waals surface area contributed by atoms with Crippen molar-refractivity contribution in [1.29, 1.82) is 0 Å². The molecule has 2 aromatic rings. The summed E-state index contributed by atoms with van der Waals surface area (Å²) in [5, 5.41) is 3.50. The number of hydrogen-bond acceptors (Lipinski definition) is 2. The Kier molecular flexibility index (Phi) is 3.74. The molecule has 0 aliphatic heterocycles. The van der Waals surface area contributed by atoms with Crippen LogP contribution in [-0.4, -0.2) is 0 Å². The molecule has 90 valence electrons. The first kappa shape index (κ1) is 12.5. The lowest BCUT2D eigenvalue weighted by Crippen LogP contribution is -2.06. The van der Waals surface area contributed by atoms with Crippen molar-refractivity contribution < 1.29 is 8.81 Å². The molecule has 0 radical (unpaired) electrons. The first-order valence-corrected chi connectivity index (χ1v) is 6.19. The number of hydrogen-bond donors (Lipinski definition) is 1. The van der Waals surface area contributed by atoms with Gasteiger partial charge in [0.25, 0.3) is 0 Å². The second kappa shape index (κ2) is 5.10. The fourth-order valence-electron chi connectivity index (χ4n) is 1.51. The molecular weight excluding hydrogens is 308 g/mol. The van der Waals surface area contributed by atoms with Crippen LogP contribution in [0.25, 0.3) is 0 Å². The first-order chi connectivity index (χ1) is 8.08. The quantitative estimate of drug-likeness (QED) is 0.860. The Balaban J connectivity index is 2.25. The Morgan fingerprint density at radius 1 is 1.47 bits per heavy atom. The minimum absolute atomic E-state index is 0.0516. The molecule has 1 aromatic carbocycles. The monoisotopic (exact) mass is 317 g/mol. The fraction of sp³-hybridized carbons (Fsp3) is 0.167. The summed E-state index contributed by atoms with van der Waals surface area (Å²) in [7, 11) is 0. The summed E-state index contributed by atoms with van der Waals surface area (Å²) in [5.41, 5.74) is 0.650. The van der Waals surface area contributed by atoms with Gasteiger partial charge in [0.05, 0.1) is 23.0 Å². The molecule has 1 atom stereocenters. The van der Waals surface area contributed by atoms with E-state index in [0.29, 0.717) is 15.2 Å². The van der Waals surface area contributed by atoms with Crippen molar-refractivity contribution in [3.8, 4) is 0 Å². The number of benzene rings is 1. The summed E-state index contributed by atoms with van der Waals surface area (Å²) >= 11 is 9.25. The van der Waals surface area contributed by atoms with Gasteiger partial charge in [-0.1, -0.05) is 11.6 Å². The Morgan fingerprint density at radius 3 is 2.82 bits per heavy atom. The molecular formula is C12H10BrClFNO. The summed E-state index contributed by atoms with van der Waals surface area (Å²) in [6.07, 6.45) is 1.61. The summed E-state index contributed by atoms with van der Waals surface area (Å²) in [6, 6.07) is 6.26. The van der Waals surface area contributed by atoms with E-state index in [0.717, 1.165) is 5.76 Å². The fourth-order valence-corrected chi connectivity index (χ4v) is 2.43. The van der Waals surface area contributed by atoms with E-state index in [1.165, 1.54) is 12.1 Å². The maximum atomic E-state index is 13.1. The smallest absolute Gasteiger partial charge is 0.125 e. The third-order valence-electron chi connectivity index (χ3n) is 2.34. The van der Waals surface area contributed by atoms with E-state index < -0.39 is 0 Å². The molecule has 0 saturated heterocycles. The van der Waals surface area contributed by atoms with Gasteiger partial charge in [0.15, 0.2) is 0 Å². The minimum Gasteiger partial charge on any atom is -0.467 e. The van der Waals surface area contributed by atoms with E-state index in [-0.39, 0.29) is 11.9 Å². The van der Waals surface area contributed by atoms with Gasteiger partial charge >= 0.3 is 0 Å². The van der Waals surface area contributed by atoms with Crippen LogP contribution in [0.1, 0.15) is 18.7 Å². The lowest BCUT2D eigenvalue weighted by molar-refractivity contribution is 0.490. The Hall–Kier alpha value is -1.00. The molecule has 0 amide bonds. The second-order valence-corrected chi connectivity index (χ2v) is 4.89. The topological polar surface area (TPSA) is 25.2 Å². The molecule has 1 N–H and O–H groups in total. The Morgan fingerprint density at radius 2 is 2.24 bits per heavy atom. The number of rotatable bonds is 3. The highest BCUT2D eigenvalue weighted by Crippen LogP contribution is 2.34. The Bertz CT molecular complexity index is 492. The zero-order valence-electron chi connectivity index (χ0n) is 9.01. The zero-order chi connectivity index (χ0) is 12.4. The molecule has 0 saturated carbocycles. The lowest BCUT2D eigenvalue weighted by Gasteiger charge is -2.15. The highest BCUT2D eigenvalue weighted by atomic mass is 79.9. The molecule has 17 heavy (non-hydrogen) atoms. The predicted octanol–water partition coefficient (Wildman–Crippen LogP) is 5.01. The largest absolute Gasteiger partial charge is 0.467 e. The number of nitrogens with one attached hydrogen (secondary N) is 1. The number of furan rings is 1. The van der Waals surface area contributed by atoms with E-state index in [4.69, 9.17) is 16.0 Å². The van der Waals surface area contributed by atoms with Gasteiger partial charge in [-0.25, -0.2) is 4.39 Å².